The van der Waals surface area contributed by atoms with Gasteiger partial charge in [-0.2, -0.15) is 0 Å². The first-order valence-electron chi connectivity index (χ1n) is 12.3. The summed E-state index contributed by atoms with van der Waals surface area (Å²) in [7, 11) is 6.32. The number of nitrogens with zero attached hydrogens (tertiary/aromatic N) is 4. The lowest BCUT2D eigenvalue weighted by Gasteiger charge is -2.20. The predicted molar refractivity (Wildman–Crippen MR) is 153 cm³/mol. The van der Waals surface area contributed by atoms with Crippen LogP contribution in [0.25, 0.3) is 0 Å². The highest BCUT2D eigenvalue weighted by Gasteiger charge is 2.27. The standard InChI is InChI=1S/C27H35N5O5S2/c1-15-20(25(35)36-9)23(39-21(15)24(34)31(6)7)28-19(33)14-38-26-30-29-22(32(26)8)16(2)37-18-12-10-17(11-13-18)27(3,4)5/h10-13,16H,14H2,1-9H3,(H,28,33). The van der Waals surface area contributed by atoms with Crippen LogP contribution < -0.4 is 10.1 Å². The van der Waals surface area contributed by atoms with Gasteiger partial charge in [-0.25, -0.2) is 4.79 Å². The number of carbonyl (C=O) groups is 3. The van der Waals surface area contributed by atoms with Crippen LogP contribution in [0.3, 0.4) is 0 Å². The number of carbonyl (C=O) groups excluding carboxylic acids is 3. The molecule has 0 aliphatic rings. The third-order valence-electron chi connectivity index (χ3n) is 5.99. The lowest BCUT2D eigenvalue weighted by atomic mass is 9.87. The zero-order valence-corrected chi connectivity index (χ0v) is 25.4. The van der Waals surface area contributed by atoms with E-state index in [4.69, 9.17) is 9.47 Å². The summed E-state index contributed by atoms with van der Waals surface area (Å²) in [4.78, 5) is 39.5. The molecule has 2 aromatic heterocycles. The topological polar surface area (TPSA) is 116 Å². The average molecular weight is 574 g/mol. The molecule has 2 amide bonds. The molecule has 210 valence electrons. The number of nitrogens with one attached hydrogen (secondary N) is 1. The second-order valence-electron chi connectivity index (χ2n) is 10.2. The van der Waals surface area contributed by atoms with Crippen LogP contribution in [0.15, 0.2) is 29.4 Å². The Morgan fingerprint density at radius 1 is 1.15 bits per heavy atom. The normalized spacial score (nSPS) is 12.1. The van der Waals surface area contributed by atoms with Gasteiger partial charge in [0.1, 0.15) is 10.8 Å². The van der Waals surface area contributed by atoms with Crippen LogP contribution in [-0.4, -0.2) is 64.4 Å². The molecular formula is C27H35N5O5S2. The number of rotatable bonds is 9. The molecule has 0 saturated heterocycles. The number of ether oxygens (including phenoxy) is 2. The summed E-state index contributed by atoms with van der Waals surface area (Å²) in [6, 6.07) is 8.00. The van der Waals surface area contributed by atoms with E-state index in [1.165, 1.54) is 29.3 Å². The smallest absolute Gasteiger partial charge is 0.341 e. The number of benzene rings is 1. The highest BCUT2D eigenvalue weighted by molar-refractivity contribution is 7.99. The highest BCUT2D eigenvalue weighted by Crippen LogP contribution is 2.35. The van der Waals surface area contributed by atoms with Gasteiger partial charge in [-0.05, 0) is 42.5 Å². The van der Waals surface area contributed by atoms with Gasteiger partial charge < -0.3 is 24.3 Å². The second-order valence-corrected chi connectivity index (χ2v) is 12.2. The van der Waals surface area contributed by atoms with Gasteiger partial charge in [0.25, 0.3) is 5.91 Å². The first-order valence-corrected chi connectivity index (χ1v) is 14.1. The molecule has 0 aliphatic heterocycles. The fourth-order valence-corrected chi connectivity index (χ4v) is 5.70. The lowest BCUT2D eigenvalue weighted by Crippen LogP contribution is -2.21. The van der Waals surface area contributed by atoms with Crippen LogP contribution in [-0.2, 0) is 22.0 Å². The van der Waals surface area contributed by atoms with Gasteiger partial charge in [0.05, 0.1) is 23.3 Å². The molecule has 1 atom stereocenters. The Labute approximate surface area is 237 Å². The first-order chi connectivity index (χ1) is 18.2. The van der Waals surface area contributed by atoms with E-state index in [-0.39, 0.29) is 39.7 Å². The molecule has 3 rings (SSSR count). The number of amides is 2. The fourth-order valence-electron chi connectivity index (χ4n) is 3.75. The number of methoxy groups -OCH3 is 1. The van der Waals surface area contributed by atoms with Gasteiger partial charge >= 0.3 is 5.97 Å². The van der Waals surface area contributed by atoms with Crippen molar-refractivity contribution in [2.75, 3.05) is 32.3 Å². The van der Waals surface area contributed by atoms with E-state index in [0.29, 0.717) is 21.4 Å². The number of esters is 1. The van der Waals surface area contributed by atoms with Crippen LogP contribution in [0.1, 0.15) is 70.8 Å². The number of aromatic nitrogens is 3. The molecule has 1 aromatic carbocycles. The van der Waals surface area contributed by atoms with Crippen LogP contribution in [0.5, 0.6) is 5.75 Å². The zero-order chi connectivity index (χ0) is 29.1. The van der Waals surface area contributed by atoms with Gasteiger partial charge in [0.2, 0.25) is 5.91 Å². The Balaban J connectivity index is 1.67. The molecule has 12 heteroatoms. The summed E-state index contributed by atoms with van der Waals surface area (Å²) in [6.45, 7) is 10.0. The Morgan fingerprint density at radius 3 is 2.36 bits per heavy atom. The molecule has 0 radical (unpaired) electrons. The van der Waals surface area contributed by atoms with E-state index in [9.17, 15) is 14.4 Å². The quantitative estimate of drug-likeness (QED) is 0.286. The van der Waals surface area contributed by atoms with Gasteiger partial charge in [0.15, 0.2) is 17.1 Å². The van der Waals surface area contributed by atoms with Gasteiger partial charge in [-0.15, -0.1) is 21.5 Å². The third kappa shape index (κ3) is 6.99. The summed E-state index contributed by atoms with van der Waals surface area (Å²) >= 11 is 2.25. The van der Waals surface area contributed by atoms with Crippen LogP contribution in [0.4, 0.5) is 5.00 Å². The predicted octanol–water partition coefficient (Wildman–Crippen LogP) is 4.84. The van der Waals surface area contributed by atoms with E-state index in [1.807, 2.05) is 26.1 Å². The lowest BCUT2D eigenvalue weighted by molar-refractivity contribution is -0.113. The largest absolute Gasteiger partial charge is 0.483 e. The summed E-state index contributed by atoms with van der Waals surface area (Å²) in [5, 5.41) is 12.0. The Kier molecular flexibility index (Phi) is 9.44. The van der Waals surface area contributed by atoms with Crippen molar-refractivity contribution in [1.82, 2.24) is 19.7 Å². The van der Waals surface area contributed by atoms with Gasteiger partial charge in [0, 0.05) is 21.1 Å². The fraction of sp³-hybridized carbons (Fsp3) is 0.444. The van der Waals surface area contributed by atoms with Crippen molar-refractivity contribution in [3.05, 3.63) is 51.7 Å². The van der Waals surface area contributed by atoms with Crippen molar-refractivity contribution < 1.29 is 23.9 Å². The van der Waals surface area contributed by atoms with E-state index in [0.717, 1.165) is 17.1 Å². The minimum Gasteiger partial charge on any atom is -0.483 e. The van der Waals surface area contributed by atoms with Crippen molar-refractivity contribution >= 4 is 45.9 Å². The molecule has 1 unspecified atom stereocenters. The highest BCUT2D eigenvalue weighted by atomic mass is 32.2. The minimum atomic E-state index is -0.621. The third-order valence-corrected chi connectivity index (χ3v) is 8.20. The molecule has 1 N–H and O–H groups in total. The van der Waals surface area contributed by atoms with E-state index >= 15 is 0 Å². The Bertz CT molecular complexity index is 1360. The van der Waals surface area contributed by atoms with E-state index < -0.39 is 5.97 Å². The van der Waals surface area contributed by atoms with Crippen molar-refractivity contribution in [3.8, 4) is 5.75 Å². The molecule has 0 saturated carbocycles. The number of anilines is 1. The summed E-state index contributed by atoms with van der Waals surface area (Å²) in [5.74, 6) is 0.126. The molecule has 3 aromatic rings. The maximum Gasteiger partial charge on any atom is 0.341 e. The molecule has 0 spiro atoms. The number of thiophene rings is 1. The summed E-state index contributed by atoms with van der Waals surface area (Å²) < 4.78 is 12.7. The second kappa shape index (κ2) is 12.2. The molecular weight excluding hydrogens is 538 g/mol. The SMILES string of the molecule is COC(=O)c1c(NC(=O)CSc2nnc(C(C)Oc3ccc(C(C)(C)C)cc3)n2C)sc(C(=O)N(C)C)c1C. The van der Waals surface area contributed by atoms with Crippen LogP contribution >= 0.6 is 23.1 Å². The van der Waals surface area contributed by atoms with E-state index in [2.05, 4.69) is 48.4 Å². The maximum atomic E-state index is 12.8. The summed E-state index contributed by atoms with van der Waals surface area (Å²) in [5.41, 5.74) is 1.92. The zero-order valence-electron chi connectivity index (χ0n) is 23.7. The summed E-state index contributed by atoms with van der Waals surface area (Å²) in [6.07, 6.45) is -0.365. The van der Waals surface area contributed by atoms with Crippen LogP contribution in [0, 0.1) is 6.92 Å². The first kappa shape index (κ1) is 30.2. The van der Waals surface area contributed by atoms with Gasteiger partial charge in [-0.3, -0.25) is 9.59 Å². The minimum absolute atomic E-state index is 0.0179. The van der Waals surface area contributed by atoms with Crippen molar-refractivity contribution in [2.24, 2.45) is 7.05 Å². The van der Waals surface area contributed by atoms with Gasteiger partial charge in [-0.1, -0.05) is 44.7 Å². The number of hydrogen-bond acceptors (Lipinski definition) is 9. The van der Waals surface area contributed by atoms with Crippen molar-refractivity contribution in [3.63, 3.8) is 0 Å². The molecule has 10 nitrogen and oxygen atoms in total. The molecule has 39 heavy (non-hydrogen) atoms. The average Bonchev–Trinajstić information content (AvgIpc) is 3.40. The molecule has 0 fully saturated rings. The van der Waals surface area contributed by atoms with Crippen LogP contribution in [0.2, 0.25) is 0 Å². The van der Waals surface area contributed by atoms with Crippen molar-refractivity contribution in [2.45, 2.75) is 51.3 Å². The number of hydrogen-bond donors (Lipinski definition) is 1. The number of thioether (sulfide) groups is 1. The molecule has 0 aliphatic carbocycles. The van der Waals surface area contributed by atoms with E-state index in [1.54, 1.807) is 25.6 Å². The molecule has 0 bridgehead atoms. The Morgan fingerprint density at radius 2 is 1.79 bits per heavy atom. The monoisotopic (exact) mass is 573 g/mol. The maximum absolute atomic E-state index is 12.8. The Hall–Kier alpha value is -3.38. The van der Waals surface area contributed by atoms with Crippen molar-refractivity contribution in [1.29, 1.82) is 0 Å². The molecule has 2 heterocycles.